The predicted octanol–water partition coefficient (Wildman–Crippen LogP) is 13.1. The number of benzene rings is 7. The van der Waals surface area contributed by atoms with Gasteiger partial charge < -0.3 is 0 Å². The Hall–Kier alpha value is -4.98. The number of rotatable bonds is 3. The molecular formula is C45H34S. The van der Waals surface area contributed by atoms with E-state index >= 15 is 0 Å². The topological polar surface area (TPSA) is 0 Å². The Morgan fingerprint density at radius 3 is 1.65 bits per heavy atom. The normalized spacial score (nSPS) is 13.4. The molecule has 0 amide bonds. The van der Waals surface area contributed by atoms with Crippen LogP contribution in [0.3, 0.4) is 0 Å². The maximum atomic E-state index is 2.50. The van der Waals surface area contributed by atoms with E-state index in [-0.39, 0.29) is 5.41 Å². The van der Waals surface area contributed by atoms with E-state index in [1.165, 1.54) is 97.7 Å². The van der Waals surface area contributed by atoms with Gasteiger partial charge in [-0.2, -0.15) is 0 Å². The first kappa shape index (κ1) is 27.3. The first-order valence-electron chi connectivity index (χ1n) is 16.2. The molecule has 1 aliphatic rings. The molecule has 0 N–H and O–H groups in total. The summed E-state index contributed by atoms with van der Waals surface area (Å²) in [6.45, 7) is 9.23. The summed E-state index contributed by atoms with van der Waals surface area (Å²) in [6, 6.07) is 50.0. The lowest BCUT2D eigenvalue weighted by Gasteiger charge is -2.23. The van der Waals surface area contributed by atoms with Crippen LogP contribution in [0.2, 0.25) is 0 Å². The van der Waals surface area contributed by atoms with Crippen molar-refractivity contribution >= 4 is 43.0 Å². The summed E-state index contributed by atoms with van der Waals surface area (Å²) in [6.07, 6.45) is 0. The molecule has 46 heavy (non-hydrogen) atoms. The first-order valence-corrected chi connectivity index (χ1v) is 17.0. The standard InChI is InChI=1S/C45H34S/c1-27-22-28(2)24-32(23-27)42-35-16-10-8-14-33(35)41(34-15-9-11-17-36(34)42)31-19-20-37-39(25-31)45(3,4)43-38-21-18-30(26-40(38)46-44(37)43)29-12-6-5-7-13-29/h5-26H,1-4H3. The minimum absolute atomic E-state index is 0.0994. The van der Waals surface area contributed by atoms with E-state index in [2.05, 4.69) is 161 Å². The molecule has 0 bridgehead atoms. The third kappa shape index (κ3) is 3.98. The van der Waals surface area contributed by atoms with Crippen LogP contribution in [0.25, 0.3) is 75.5 Å². The summed E-state index contributed by atoms with van der Waals surface area (Å²) < 4.78 is 1.37. The van der Waals surface area contributed by atoms with Crippen LogP contribution in [0.4, 0.5) is 0 Å². The summed E-state index contributed by atoms with van der Waals surface area (Å²) in [4.78, 5) is 1.42. The van der Waals surface area contributed by atoms with Gasteiger partial charge in [0.1, 0.15) is 0 Å². The minimum atomic E-state index is -0.0994. The van der Waals surface area contributed by atoms with Crippen molar-refractivity contribution in [3.8, 4) is 43.8 Å². The van der Waals surface area contributed by atoms with Crippen LogP contribution in [0.15, 0.2) is 133 Å². The van der Waals surface area contributed by atoms with E-state index < -0.39 is 0 Å². The van der Waals surface area contributed by atoms with Crippen molar-refractivity contribution in [2.45, 2.75) is 33.1 Å². The van der Waals surface area contributed by atoms with Crippen molar-refractivity contribution in [3.63, 3.8) is 0 Å². The Morgan fingerprint density at radius 1 is 0.457 bits per heavy atom. The summed E-state index contributed by atoms with van der Waals surface area (Å²) in [7, 11) is 0. The average Bonchev–Trinajstić information content (AvgIpc) is 3.55. The van der Waals surface area contributed by atoms with E-state index in [0.717, 1.165) is 0 Å². The largest absolute Gasteiger partial charge is 0.135 e. The molecule has 0 spiro atoms. The van der Waals surface area contributed by atoms with Crippen molar-refractivity contribution in [1.29, 1.82) is 0 Å². The number of fused-ring (bicyclic) bond motifs is 7. The zero-order valence-corrected chi connectivity index (χ0v) is 27.4. The Morgan fingerprint density at radius 2 is 1.02 bits per heavy atom. The Bertz CT molecular complexity index is 2430. The molecule has 1 aliphatic carbocycles. The molecule has 220 valence electrons. The second-order valence-corrected chi connectivity index (χ2v) is 14.5. The molecule has 0 saturated heterocycles. The molecule has 1 aromatic heterocycles. The number of hydrogen-bond donors (Lipinski definition) is 0. The van der Waals surface area contributed by atoms with E-state index in [1.54, 1.807) is 0 Å². The van der Waals surface area contributed by atoms with Crippen molar-refractivity contribution < 1.29 is 0 Å². The summed E-state index contributed by atoms with van der Waals surface area (Å²) in [5, 5.41) is 6.61. The van der Waals surface area contributed by atoms with Crippen LogP contribution in [0, 0.1) is 13.8 Å². The highest BCUT2D eigenvalue weighted by atomic mass is 32.1. The van der Waals surface area contributed by atoms with Gasteiger partial charge in [-0.05, 0) is 103 Å². The molecular weight excluding hydrogens is 573 g/mol. The first-order chi connectivity index (χ1) is 22.4. The van der Waals surface area contributed by atoms with E-state index in [9.17, 15) is 0 Å². The Kier molecular flexibility index (Phi) is 5.95. The maximum absolute atomic E-state index is 2.50. The van der Waals surface area contributed by atoms with Gasteiger partial charge in [-0.1, -0.05) is 146 Å². The van der Waals surface area contributed by atoms with Crippen LogP contribution in [0.1, 0.15) is 36.1 Å². The van der Waals surface area contributed by atoms with Gasteiger partial charge in [-0.25, -0.2) is 0 Å². The smallest absolute Gasteiger partial charge is 0.0399 e. The fourth-order valence-electron chi connectivity index (χ4n) is 8.14. The van der Waals surface area contributed by atoms with E-state index in [4.69, 9.17) is 0 Å². The van der Waals surface area contributed by atoms with Crippen molar-refractivity contribution in [2.75, 3.05) is 0 Å². The van der Waals surface area contributed by atoms with Gasteiger partial charge >= 0.3 is 0 Å². The lowest BCUT2D eigenvalue weighted by Crippen LogP contribution is -2.15. The monoisotopic (exact) mass is 606 g/mol. The molecule has 8 aromatic rings. The Labute approximate surface area is 274 Å². The molecule has 1 heteroatoms. The molecule has 0 atom stereocenters. The number of hydrogen-bond acceptors (Lipinski definition) is 1. The van der Waals surface area contributed by atoms with Crippen LogP contribution in [-0.4, -0.2) is 0 Å². The van der Waals surface area contributed by atoms with Crippen molar-refractivity contribution in [3.05, 3.63) is 156 Å². The van der Waals surface area contributed by atoms with Crippen LogP contribution in [0.5, 0.6) is 0 Å². The highest BCUT2D eigenvalue weighted by Crippen LogP contribution is 2.57. The van der Waals surface area contributed by atoms with Crippen LogP contribution < -0.4 is 0 Å². The lowest BCUT2D eigenvalue weighted by atomic mass is 9.79. The van der Waals surface area contributed by atoms with Gasteiger partial charge in [-0.3, -0.25) is 0 Å². The molecule has 0 radical (unpaired) electrons. The highest BCUT2D eigenvalue weighted by Gasteiger charge is 2.39. The second-order valence-electron chi connectivity index (χ2n) is 13.5. The summed E-state index contributed by atoms with van der Waals surface area (Å²) in [5.74, 6) is 0. The highest BCUT2D eigenvalue weighted by molar-refractivity contribution is 7.22. The molecule has 7 aromatic carbocycles. The van der Waals surface area contributed by atoms with Crippen molar-refractivity contribution in [1.82, 2.24) is 0 Å². The number of thiophene rings is 1. The second kappa shape index (κ2) is 10.0. The van der Waals surface area contributed by atoms with Gasteiger partial charge in [0.25, 0.3) is 0 Å². The van der Waals surface area contributed by atoms with E-state index in [1.807, 2.05) is 11.3 Å². The zero-order valence-electron chi connectivity index (χ0n) is 26.6. The van der Waals surface area contributed by atoms with Crippen LogP contribution >= 0.6 is 11.3 Å². The fourth-order valence-corrected chi connectivity index (χ4v) is 9.58. The Balaban J connectivity index is 1.26. The summed E-state index contributed by atoms with van der Waals surface area (Å²) in [5.41, 5.74) is 14.5. The number of aryl methyl sites for hydroxylation is 2. The average molecular weight is 607 g/mol. The lowest BCUT2D eigenvalue weighted by molar-refractivity contribution is 0.667. The third-order valence-electron chi connectivity index (χ3n) is 10.1. The third-order valence-corrected chi connectivity index (χ3v) is 11.3. The quantitative estimate of drug-likeness (QED) is 0.176. The molecule has 0 nitrogen and oxygen atoms in total. The van der Waals surface area contributed by atoms with Gasteiger partial charge in [0.2, 0.25) is 0 Å². The fraction of sp³-hybridized carbons (Fsp3) is 0.111. The van der Waals surface area contributed by atoms with Gasteiger partial charge in [-0.15, -0.1) is 11.3 Å². The van der Waals surface area contributed by atoms with Crippen molar-refractivity contribution in [2.24, 2.45) is 0 Å². The SMILES string of the molecule is Cc1cc(C)cc(-c2c3ccccc3c(-c3ccc4c(c3)C(C)(C)c3c-4sc4cc(-c5ccccc5)ccc34)c3ccccc23)c1. The zero-order chi connectivity index (χ0) is 31.2. The molecule has 0 saturated carbocycles. The maximum Gasteiger partial charge on any atom is 0.0399 e. The van der Waals surface area contributed by atoms with Gasteiger partial charge in [0.05, 0.1) is 0 Å². The van der Waals surface area contributed by atoms with Crippen LogP contribution in [-0.2, 0) is 5.41 Å². The molecule has 1 heterocycles. The summed E-state index contributed by atoms with van der Waals surface area (Å²) >= 11 is 1.95. The minimum Gasteiger partial charge on any atom is -0.135 e. The predicted molar refractivity (Wildman–Crippen MR) is 200 cm³/mol. The van der Waals surface area contributed by atoms with Gasteiger partial charge in [0.15, 0.2) is 0 Å². The van der Waals surface area contributed by atoms with E-state index in [0.29, 0.717) is 0 Å². The molecule has 0 unspecified atom stereocenters. The molecule has 0 aliphatic heterocycles. The molecule has 9 rings (SSSR count). The molecule has 0 fully saturated rings. The van der Waals surface area contributed by atoms with Gasteiger partial charge in [0, 0.05) is 15.0 Å².